The number of ether oxygens (including phenoxy) is 1. The zero-order valence-corrected chi connectivity index (χ0v) is 12.1. The minimum atomic E-state index is 0.448. The fraction of sp³-hybridized carbons (Fsp3) is 0.571. The topological polar surface area (TPSA) is 77.2 Å². The zero-order valence-electron chi connectivity index (χ0n) is 12.1. The van der Waals surface area contributed by atoms with E-state index >= 15 is 0 Å². The zero-order chi connectivity index (χ0) is 14.5. The first-order chi connectivity index (χ1) is 10.3. The van der Waals surface area contributed by atoms with Gasteiger partial charge in [0.2, 0.25) is 5.89 Å². The minimum Gasteiger partial charge on any atom is -0.463 e. The lowest BCUT2D eigenvalue weighted by Crippen LogP contribution is -2.37. The van der Waals surface area contributed by atoms with Crippen molar-refractivity contribution in [3.8, 4) is 6.01 Å². The predicted octanol–water partition coefficient (Wildman–Crippen LogP) is 1.46. The molecule has 1 saturated heterocycles. The molecule has 7 nitrogen and oxygen atoms in total. The second-order valence-electron chi connectivity index (χ2n) is 5.32. The van der Waals surface area contributed by atoms with E-state index in [0.29, 0.717) is 24.4 Å². The van der Waals surface area contributed by atoms with Gasteiger partial charge in [-0.3, -0.25) is 4.90 Å². The van der Waals surface area contributed by atoms with Crippen LogP contribution >= 0.6 is 0 Å². The lowest BCUT2D eigenvalue weighted by Gasteiger charge is -2.31. The third-order valence-electron chi connectivity index (χ3n) is 3.53. The number of hydrogen-bond donors (Lipinski definition) is 0. The van der Waals surface area contributed by atoms with Crippen LogP contribution in [-0.4, -0.2) is 44.7 Å². The number of aromatic nitrogens is 4. The SMILES string of the molecule is Cc1nc(CN2CCCC(COc3ncccn3)C2)no1. The molecule has 3 rings (SSSR count). The van der Waals surface area contributed by atoms with Crippen LogP contribution in [0, 0.1) is 12.8 Å². The van der Waals surface area contributed by atoms with E-state index in [-0.39, 0.29) is 0 Å². The maximum Gasteiger partial charge on any atom is 0.316 e. The van der Waals surface area contributed by atoms with Crippen molar-refractivity contribution in [2.45, 2.75) is 26.3 Å². The third kappa shape index (κ3) is 3.98. The smallest absolute Gasteiger partial charge is 0.316 e. The molecular weight excluding hydrogens is 270 g/mol. The molecule has 2 aromatic heterocycles. The maximum absolute atomic E-state index is 5.65. The highest BCUT2D eigenvalue weighted by Crippen LogP contribution is 2.18. The summed E-state index contributed by atoms with van der Waals surface area (Å²) in [5.41, 5.74) is 0. The first-order valence-corrected chi connectivity index (χ1v) is 7.21. The number of piperidine rings is 1. The van der Waals surface area contributed by atoms with Crippen molar-refractivity contribution in [1.29, 1.82) is 0 Å². The second-order valence-corrected chi connectivity index (χ2v) is 5.32. The van der Waals surface area contributed by atoms with Crippen molar-refractivity contribution in [1.82, 2.24) is 25.0 Å². The summed E-state index contributed by atoms with van der Waals surface area (Å²) in [6, 6.07) is 2.23. The van der Waals surface area contributed by atoms with Crippen LogP contribution in [0.3, 0.4) is 0 Å². The molecule has 0 aromatic carbocycles. The molecule has 1 aliphatic heterocycles. The van der Waals surface area contributed by atoms with E-state index < -0.39 is 0 Å². The van der Waals surface area contributed by atoms with Crippen molar-refractivity contribution < 1.29 is 9.26 Å². The Bertz CT molecular complexity index is 560. The van der Waals surface area contributed by atoms with Crippen molar-refractivity contribution in [3.05, 3.63) is 30.2 Å². The first-order valence-electron chi connectivity index (χ1n) is 7.21. The summed E-state index contributed by atoms with van der Waals surface area (Å²) in [6.45, 7) is 5.22. The molecule has 1 atom stereocenters. The Morgan fingerprint density at radius 1 is 1.38 bits per heavy atom. The van der Waals surface area contributed by atoms with Gasteiger partial charge in [0.05, 0.1) is 13.2 Å². The molecule has 7 heteroatoms. The van der Waals surface area contributed by atoms with Crippen LogP contribution in [0.2, 0.25) is 0 Å². The highest BCUT2D eigenvalue weighted by atomic mass is 16.5. The average molecular weight is 289 g/mol. The van der Waals surface area contributed by atoms with E-state index in [9.17, 15) is 0 Å². The Balaban J connectivity index is 1.49. The summed E-state index contributed by atoms with van der Waals surface area (Å²) in [5, 5.41) is 3.95. The van der Waals surface area contributed by atoms with Gasteiger partial charge in [-0.25, -0.2) is 9.97 Å². The van der Waals surface area contributed by atoms with Crippen molar-refractivity contribution in [3.63, 3.8) is 0 Å². The normalized spacial score (nSPS) is 19.6. The molecule has 0 radical (unpaired) electrons. The van der Waals surface area contributed by atoms with E-state index in [2.05, 4.69) is 25.0 Å². The van der Waals surface area contributed by atoms with E-state index in [1.54, 1.807) is 18.5 Å². The van der Waals surface area contributed by atoms with Gasteiger partial charge in [-0.1, -0.05) is 5.16 Å². The number of likely N-dealkylation sites (tertiary alicyclic amines) is 1. The standard InChI is InChI=1S/C14H19N5O2/c1-11-17-13(18-21-11)9-19-7-2-4-12(8-19)10-20-14-15-5-3-6-16-14/h3,5-6,12H,2,4,7-10H2,1H3. The summed E-state index contributed by atoms with van der Waals surface area (Å²) in [6.07, 6.45) is 5.69. The van der Waals surface area contributed by atoms with Gasteiger partial charge in [0, 0.05) is 31.8 Å². The van der Waals surface area contributed by atoms with Crippen LogP contribution in [0.25, 0.3) is 0 Å². The summed E-state index contributed by atoms with van der Waals surface area (Å²) in [7, 11) is 0. The lowest BCUT2D eigenvalue weighted by molar-refractivity contribution is 0.118. The molecule has 0 spiro atoms. The molecule has 0 bridgehead atoms. The van der Waals surface area contributed by atoms with Gasteiger partial charge in [0.25, 0.3) is 0 Å². The van der Waals surface area contributed by atoms with Crippen LogP contribution in [0.5, 0.6) is 6.01 Å². The molecule has 1 fully saturated rings. The molecular formula is C14H19N5O2. The third-order valence-corrected chi connectivity index (χ3v) is 3.53. The molecule has 21 heavy (non-hydrogen) atoms. The molecule has 0 amide bonds. The maximum atomic E-state index is 5.65. The highest BCUT2D eigenvalue weighted by molar-refractivity contribution is 4.93. The van der Waals surface area contributed by atoms with Gasteiger partial charge in [-0.2, -0.15) is 4.98 Å². The number of nitrogens with zero attached hydrogens (tertiary/aromatic N) is 5. The van der Waals surface area contributed by atoms with Crippen LogP contribution in [0.4, 0.5) is 0 Å². The van der Waals surface area contributed by atoms with Crippen molar-refractivity contribution >= 4 is 0 Å². The number of hydrogen-bond acceptors (Lipinski definition) is 7. The predicted molar refractivity (Wildman–Crippen MR) is 74.6 cm³/mol. The van der Waals surface area contributed by atoms with Crippen LogP contribution < -0.4 is 4.74 Å². The van der Waals surface area contributed by atoms with Crippen LogP contribution in [0.1, 0.15) is 24.6 Å². The monoisotopic (exact) mass is 289 g/mol. The van der Waals surface area contributed by atoms with Gasteiger partial charge in [-0.15, -0.1) is 0 Å². The molecule has 1 unspecified atom stereocenters. The fourth-order valence-corrected chi connectivity index (χ4v) is 2.59. The molecule has 0 saturated carbocycles. The van der Waals surface area contributed by atoms with Crippen LogP contribution in [-0.2, 0) is 6.54 Å². The summed E-state index contributed by atoms with van der Waals surface area (Å²) in [4.78, 5) is 14.7. The quantitative estimate of drug-likeness (QED) is 0.824. The lowest BCUT2D eigenvalue weighted by atomic mass is 9.99. The Morgan fingerprint density at radius 2 is 2.24 bits per heavy atom. The largest absolute Gasteiger partial charge is 0.463 e. The number of aryl methyl sites for hydroxylation is 1. The Labute approximate surface area is 123 Å². The molecule has 1 aliphatic rings. The van der Waals surface area contributed by atoms with Crippen LogP contribution in [0.15, 0.2) is 23.0 Å². The molecule has 0 aliphatic carbocycles. The second kappa shape index (κ2) is 6.62. The minimum absolute atomic E-state index is 0.448. The highest BCUT2D eigenvalue weighted by Gasteiger charge is 2.22. The molecule has 2 aromatic rings. The molecule has 112 valence electrons. The number of rotatable bonds is 5. The van der Waals surface area contributed by atoms with Gasteiger partial charge < -0.3 is 9.26 Å². The van der Waals surface area contributed by atoms with Gasteiger partial charge in [0.1, 0.15) is 0 Å². The molecule has 3 heterocycles. The van der Waals surface area contributed by atoms with Crippen molar-refractivity contribution in [2.24, 2.45) is 5.92 Å². The van der Waals surface area contributed by atoms with Gasteiger partial charge >= 0.3 is 6.01 Å². The first kappa shape index (κ1) is 13.9. The fourth-order valence-electron chi connectivity index (χ4n) is 2.59. The molecule has 0 N–H and O–H groups in total. The summed E-state index contributed by atoms with van der Waals surface area (Å²) in [5.74, 6) is 1.85. The van der Waals surface area contributed by atoms with E-state index in [1.807, 2.05) is 6.92 Å². The van der Waals surface area contributed by atoms with Crippen molar-refractivity contribution in [2.75, 3.05) is 19.7 Å². The Hall–Kier alpha value is -2.02. The summed E-state index contributed by atoms with van der Waals surface area (Å²) >= 11 is 0. The van der Waals surface area contributed by atoms with E-state index in [0.717, 1.165) is 38.3 Å². The Morgan fingerprint density at radius 3 is 3.00 bits per heavy atom. The van der Waals surface area contributed by atoms with Gasteiger partial charge in [0.15, 0.2) is 5.82 Å². The van der Waals surface area contributed by atoms with Gasteiger partial charge in [-0.05, 0) is 25.5 Å². The average Bonchev–Trinajstić information content (AvgIpc) is 2.92. The Kier molecular flexibility index (Phi) is 4.40. The van der Waals surface area contributed by atoms with E-state index in [1.165, 1.54) is 0 Å². The summed E-state index contributed by atoms with van der Waals surface area (Å²) < 4.78 is 10.7. The van der Waals surface area contributed by atoms with E-state index in [4.69, 9.17) is 9.26 Å².